The fourth-order valence-corrected chi connectivity index (χ4v) is 3.37. The molecular weight excluding hydrogens is 288 g/mol. The highest BCUT2D eigenvalue weighted by Crippen LogP contribution is 2.24. The van der Waals surface area contributed by atoms with Crippen LogP contribution in [-0.2, 0) is 20.9 Å². The molecule has 2 atom stereocenters. The Bertz CT molecular complexity index is 489. The zero-order valence-corrected chi connectivity index (χ0v) is 13.6. The number of nitrogens with zero attached hydrogens (tertiary/aromatic N) is 2. The Morgan fingerprint density at radius 1 is 1.48 bits per heavy atom. The molecule has 0 N–H and O–H groups in total. The molecule has 1 aliphatic heterocycles. The minimum atomic E-state index is -0.177. The van der Waals surface area contributed by atoms with E-state index in [0.29, 0.717) is 19.6 Å². The molecule has 0 saturated carbocycles. The van der Waals surface area contributed by atoms with Crippen molar-refractivity contribution in [2.45, 2.75) is 13.5 Å². The molecule has 1 aromatic rings. The zero-order chi connectivity index (χ0) is 15.4. The van der Waals surface area contributed by atoms with Gasteiger partial charge in [-0.3, -0.25) is 14.5 Å². The van der Waals surface area contributed by atoms with Crippen LogP contribution in [-0.4, -0.2) is 55.5 Å². The second-order valence-corrected chi connectivity index (χ2v) is 6.46. The molecule has 5 nitrogen and oxygen atoms in total. The zero-order valence-electron chi connectivity index (χ0n) is 12.7. The molecule has 0 aliphatic carbocycles. The van der Waals surface area contributed by atoms with Crippen molar-refractivity contribution in [3.05, 3.63) is 22.4 Å². The Morgan fingerprint density at radius 2 is 2.24 bits per heavy atom. The number of likely N-dealkylation sites (tertiary alicyclic amines) is 1. The molecule has 116 valence electrons. The van der Waals surface area contributed by atoms with Gasteiger partial charge in [0.1, 0.15) is 0 Å². The van der Waals surface area contributed by atoms with E-state index in [2.05, 4.69) is 5.38 Å². The molecule has 1 amide bonds. The first kappa shape index (κ1) is 16.0. The summed E-state index contributed by atoms with van der Waals surface area (Å²) in [7, 11) is 3.23. The van der Waals surface area contributed by atoms with Gasteiger partial charge in [-0.2, -0.15) is 11.3 Å². The maximum Gasteiger partial charge on any atom is 0.310 e. The van der Waals surface area contributed by atoms with Crippen molar-refractivity contribution in [3.63, 3.8) is 0 Å². The van der Waals surface area contributed by atoms with Crippen LogP contribution in [0.15, 0.2) is 16.8 Å². The van der Waals surface area contributed by atoms with Crippen LogP contribution in [0.3, 0.4) is 0 Å². The van der Waals surface area contributed by atoms with Crippen LogP contribution in [0.2, 0.25) is 0 Å². The molecule has 21 heavy (non-hydrogen) atoms. The van der Waals surface area contributed by atoms with E-state index < -0.39 is 0 Å². The van der Waals surface area contributed by atoms with E-state index in [-0.39, 0.29) is 23.7 Å². The van der Waals surface area contributed by atoms with Gasteiger partial charge in [-0.1, -0.05) is 6.92 Å². The number of hydrogen-bond donors (Lipinski definition) is 0. The fraction of sp³-hybridized carbons (Fsp3) is 0.600. The van der Waals surface area contributed by atoms with Crippen LogP contribution in [0.5, 0.6) is 0 Å². The summed E-state index contributed by atoms with van der Waals surface area (Å²) in [6.07, 6.45) is 0. The van der Waals surface area contributed by atoms with Crippen LogP contribution >= 0.6 is 11.3 Å². The number of methoxy groups -OCH3 is 1. The number of ether oxygens (including phenoxy) is 1. The summed E-state index contributed by atoms with van der Waals surface area (Å²) in [5, 5.41) is 4.06. The van der Waals surface area contributed by atoms with E-state index in [1.807, 2.05) is 30.3 Å². The first-order chi connectivity index (χ1) is 10.0. The molecule has 1 aliphatic rings. The predicted octanol–water partition coefficient (Wildman–Crippen LogP) is 1.45. The van der Waals surface area contributed by atoms with E-state index in [9.17, 15) is 9.59 Å². The molecule has 2 unspecified atom stereocenters. The number of carbonyl (C=O) groups excluding carboxylic acids is 2. The summed E-state index contributed by atoms with van der Waals surface area (Å²) in [5.41, 5.74) is 1.15. The molecule has 2 rings (SSSR count). The minimum Gasteiger partial charge on any atom is -0.469 e. The number of amides is 1. The Labute approximate surface area is 129 Å². The monoisotopic (exact) mass is 310 g/mol. The highest BCUT2D eigenvalue weighted by molar-refractivity contribution is 7.07. The molecule has 1 fully saturated rings. The summed E-state index contributed by atoms with van der Waals surface area (Å²) < 4.78 is 4.82. The predicted molar refractivity (Wildman–Crippen MR) is 81.9 cm³/mol. The lowest BCUT2D eigenvalue weighted by Crippen LogP contribution is -2.37. The van der Waals surface area contributed by atoms with Gasteiger partial charge >= 0.3 is 5.97 Å². The largest absolute Gasteiger partial charge is 0.469 e. The van der Waals surface area contributed by atoms with Gasteiger partial charge in [0.25, 0.3) is 0 Å². The molecule has 0 aromatic carbocycles. The van der Waals surface area contributed by atoms with E-state index in [4.69, 9.17) is 4.74 Å². The highest BCUT2D eigenvalue weighted by atomic mass is 32.1. The molecule has 0 radical (unpaired) electrons. The van der Waals surface area contributed by atoms with Crippen LogP contribution in [0.4, 0.5) is 0 Å². The van der Waals surface area contributed by atoms with Gasteiger partial charge in [-0.15, -0.1) is 0 Å². The number of hydrogen-bond acceptors (Lipinski definition) is 5. The molecule has 2 heterocycles. The highest BCUT2D eigenvalue weighted by Gasteiger charge is 2.36. The number of likely N-dealkylation sites (N-methyl/N-ethyl adjacent to an activating group) is 1. The standard InChI is InChI=1S/C15H22N2O3S/c1-11-6-17(8-13(11)15(19)20-3)9-14(18)16(2)7-12-4-5-21-10-12/h4-5,10-11,13H,6-9H2,1-3H3. The summed E-state index contributed by atoms with van der Waals surface area (Å²) in [6, 6.07) is 2.03. The van der Waals surface area contributed by atoms with Crippen LogP contribution in [0.25, 0.3) is 0 Å². The van der Waals surface area contributed by atoms with E-state index in [1.54, 1.807) is 16.2 Å². The van der Waals surface area contributed by atoms with E-state index in [1.165, 1.54) is 7.11 Å². The average molecular weight is 310 g/mol. The normalized spacial score (nSPS) is 22.2. The Kier molecular flexibility index (Phi) is 5.36. The lowest BCUT2D eigenvalue weighted by molar-refractivity contribution is -0.146. The third-order valence-electron chi connectivity index (χ3n) is 3.98. The van der Waals surface area contributed by atoms with E-state index >= 15 is 0 Å². The lowest BCUT2D eigenvalue weighted by Gasteiger charge is -2.21. The average Bonchev–Trinajstić information content (AvgIpc) is 3.07. The Hall–Kier alpha value is -1.40. The Balaban J connectivity index is 1.84. The van der Waals surface area contributed by atoms with E-state index in [0.717, 1.165) is 12.1 Å². The fourth-order valence-electron chi connectivity index (χ4n) is 2.71. The molecule has 0 spiro atoms. The minimum absolute atomic E-state index is 0.0823. The van der Waals surface area contributed by atoms with Crippen molar-refractivity contribution < 1.29 is 14.3 Å². The maximum absolute atomic E-state index is 12.2. The first-order valence-electron chi connectivity index (χ1n) is 7.06. The molecule has 6 heteroatoms. The SMILES string of the molecule is COC(=O)C1CN(CC(=O)N(C)Cc2ccsc2)CC1C. The third-order valence-corrected chi connectivity index (χ3v) is 4.71. The summed E-state index contributed by atoms with van der Waals surface area (Å²) in [4.78, 5) is 27.7. The van der Waals surface area contributed by atoms with Gasteiger partial charge in [0, 0.05) is 26.7 Å². The second-order valence-electron chi connectivity index (χ2n) is 5.68. The number of rotatable bonds is 5. The van der Waals surface area contributed by atoms with Crippen LogP contribution in [0, 0.1) is 11.8 Å². The van der Waals surface area contributed by atoms with Gasteiger partial charge in [0.05, 0.1) is 19.6 Å². The maximum atomic E-state index is 12.2. The van der Waals surface area contributed by atoms with Gasteiger partial charge in [-0.05, 0) is 28.3 Å². The van der Waals surface area contributed by atoms with Crippen molar-refractivity contribution >= 4 is 23.2 Å². The van der Waals surface area contributed by atoms with Crippen molar-refractivity contribution in [1.82, 2.24) is 9.80 Å². The van der Waals surface area contributed by atoms with Crippen LogP contribution < -0.4 is 0 Å². The van der Waals surface area contributed by atoms with Gasteiger partial charge < -0.3 is 9.64 Å². The molecule has 1 saturated heterocycles. The van der Waals surface area contributed by atoms with Crippen molar-refractivity contribution in [2.24, 2.45) is 11.8 Å². The molecule has 1 aromatic heterocycles. The summed E-state index contributed by atoms with van der Waals surface area (Å²) in [6.45, 7) is 4.38. The van der Waals surface area contributed by atoms with Crippen LogP contribution in [0.1, 0.15) is 12.5 Å². The number of esters is 1. The van der Waals surface area contributed by atoms with Crippen molar-refractivity contribution in [1.29, 1.82) is 0 Å². The van der Waals surface area contributed by atoms with Crippen molar-refractivity contribution in [2.75, 3.05) is 33.8 Å². The Morgan fingerprint density at radius 3 is 2.86 bits per heavy atom. The number of carbonyl (C=O) groups is 2. The first-order valence-corrected chi connectivity index (χ1v) is 8.00. The smallest absolute Gasteiger partial charge is 0.310 e. The van der Waals surface area contributed by atoms with Gasteiger partial charge in [0.15, 0.2) is 0 Å². The second kappa shape index (κ2) is 7.04. The lowest BCUT2D eigenvalue weighted by atomic mass is 9.99. The number of thiophene rings is 1. The summed E-state index contributed by atoms with van der Waals surface area (Å²) >= 11 is 1.63. The topological polar surface area (TPSA) is 49.9 Å². The van der Waals surface area contributed by atoms with Gasteiger partial charge in [0.2, 0.25) is 5.91 Å². The summed E-state index contributed by atoms with van der Waals surface area (Å²) in [5.74, 6) is 0.0143. The molecule has 0 bridgehead atoms. The van der Waals surface area contributed by atoms with Crippen molar-refractivity contribution in [3.8, 4) is 0 Å². The quantitative estimate of drug-likeness (QED) is 0.772. The third kappa shape index (κ3) is 4.04. The molecular formula is C15H22N2O3S. The van der Waals surface area contributed by atoms with Gasteiger partial charge in [-0.25, -0.2) is 0 Å².